The number of aliphatic hydroxyl groups excluding tert-OH is 1. The van der Waals surface area contributed by atoms with Crippen LogP contribution in [-0.4, -0.2) is 24.3 Å². The van der Waals surface area contributed by atoms with Crippen molar-refractivity contribution in [2.45, 2.75) is 19.4 Å². The van der Waals surface area contributed by atoms with E-state index in [2.05, 4.69) is 12.2 Å². The molecule has 8 heavy (non-hydrogen) atoms. The van der Waals surface area contributed by atoms with Gasteiger partial charge in [0.05, 0.1) is 6.10 Å². The van der Waals surface area contributed by atoms with E-state index in [0.717, 1.165) is 19.5 Å². The Morgan fingerprint density at radius 2 is 2.25 bits per heavy atom. The van der Waals surface area contributed by atoms with Gasteiger partial charge in [0.25, 0.3) is 0 Å². The zero-order valence-electron chi connectivity index (χ0n) is 5.22. The van der Waals surface area contributed by atoms with E-state index in [1.165, 1.54) is 0 Å². The normalized spacial score (nSPS) is 39.8. The first-order valence-electron chi connectivity index (χ1n) is 3.18. The van der Waals surface area contributed by atoms with Crippen molar-refractivity contribution in [1.82, 2.24) is 5.32 Å². The summed E-state index contributed by atoms with van der Waals surface area (Å²) in [7, 11) is 0. The van der Waals surface area contributed by atoms with E-state index >= 15 is 0 Å². The molecule has 1 heterocycles. The van der Waals surface area contributed by atoms with Crippen LogP contribution < -0.4 is 5.32 Å². The summed E-state index contributed by atoms with van der Waals surface area (Å²) < 4.78 is 0. The van der Waals surface area contributed by atoms with E-state index in [9.17, 15) is 0 Å². The highest BCUT2D eigenvalue weighted by Gasteiger charge is 2.14. The molecule has 0 amide bonds. The lowest BCUT2D eigenvalue weighted by molar-refractivity contribution is 0.119. The largest absolute Gasteiger partial charge is 0.392 e. The number of aliphatic hydroxyl groups is 1. The van der Waals surface area contributed by atoms with Crippen LogP contribution in [0.3, 0.4) is 0 Å². The maximum absolute atomic E-state index is 9.02. The lowest BCUT2D eigenvalue weighted by Crippen LogP contribution is -2.38. The summed E-state index contributed by atoms with van der Waals surface area (Å²) in [5, 5.41) is 12.2. The Kier molecular flexibility index (Phi) is 1.86. The lowest BCUT2D eigenvalue weighted by atomic mass is 10.0. The van der Waals surface area contributed by atoms with Crippen LogP contribution in [0.1, 0.15) is 13.3 Å². The van der Waals surface area contributed by atoms with Gasteiger partial charge in [0.2, 0.25) is 0 Å². The second kappa shape index (κ2) is 2.46. The lowest BCUT2D eigenvalue weighted by Gasteiger charge is -2.23. The summed E-state index contributed by atoms with van der Waals surface area (Å²) in [4.78, 5) is 0. The molecule has 1 rings (SSSR count). The maximum Gasteiger partial charge on any atom is 0.0667 e. The van der Waals surface area contributed by atoms with Crippen molar-refractivity contribution in [3.8, 4) is 0 Å². The summed E-state index contributed by atoms with van der Waals surface area (Å²) in [5.41, 5.74) is 0. The molecular weight excluding hydrogens is 102 g/mol. The highest BCUT2D eigenvalue weighted by molar-refractivity contribution is 4.71. The van der Waals surface area contributed by atoms with Gasteiger partial charge in [0.15, 0.2) is 0 Å². The number of nitrogens with one attached hydrogen (secondary N) is 1. The van der Waals surface area contributed by atoms with Crippen molar-refractivity contribution < 1.29 is 5.11 Å². The first kappa shape index (κ1) is 6.05. The molecule has 1 fully saturated rings. The van der Waals surface area contributed by atoms with Gasteiger partial charge >= 0.3 is 0 Å². The van der Waals surface area contributed by atoms with Crippen LogP contribution in [0.5, 0.6) is 0 Å². The number of hydrogen-bond acceptors (Lipinski definition) is 2. The molecule has 0 spiro atoms. The van der Waals surface area contributed by atoms with Gasteiger partial charge in [0, 0.05) is 6.54 Å². The number of β-amino-alcohol motifs (C(OH)–C–C–N with tert-alkyl or cyclic N) is 1. The first-order chi connectivity index (χ1) is 3.79. The number of hydrogen-bond donors (Lipinski definition) is 2. The summed E-state index contributed by atoms with van der Waals surface area (Å²) in [6.07, 6.45) is 0.867. The average Bonchev–Trinajstić information content (AvgIpc) is 1.64. The molecule has 0 bridgehead atoms. The van der Waals surface area contributed by atoms with Crippen LogP contribution >= 0.6 is 0 Å². The topological polar surface area (TPSA) is 32.3 Å². The Morgan fingerprint density at radius 1 is 1.50 bits per heavy atom. The monoisotopic (exact) mass is 115 g/mol. The van der Waals surface area contributed by atoms with Crippen molar-refractivity contribution >= 4 is 0 Å². The van der Waals surface area contributed by atoms with Crippen molar-refractivity contribution in [1.29, 1.82) is 0 Å². The summed E-state index contributed by atoms with van der Waals surface area (Å²) >= 11 is 0. The predicted octanol–water partition coefficient (Wildman–Crippen LogP) is -0.0233. The minimum atomic E-state index is -0.0984. The van der Waals surface area contributed by atoms with Crippen molar-refractivity contribution in [3.63, 3.8) is 0 Å². The quantitative estimate of drug-likeness (QED) is 0.465. The Bertz CT molecular complexity index is 66.9. The van der Waals surface area contributed by atoms with Gasteiger partial charge < -0.3 is 10.4 Å². The third-order valence-corrected chi connectivity index (χ3v) is 1.55. The SMILES string of the molecule is C[C@H]1CNC[C@@H](O)C1. The van der Waals surface area contributed by atoms with Crippen molar-refractivity contribution in [2.75, 3.05) is 13.1 Å². The van der Waals surface area contributed by atoms with E-state index in [1.54, 1.807) is 0 Å². The third-order valence-electron chi connectivity index (χ3n) is 1.55. The van der Waals surface area contributed by atoms with Gasteiger partial charge in [-0.15, -0.1) is 0 Å². The van der Waals surface area contributed by atoms with E-state index in [0.29, 0.717) is 5.92 Å². The third kappa shape index (κ3) is 1.46. The average molecular weight is 115 g/mol. The standard InChI is InChI=1S/C6H13NO/c1-5-2-6(8)4-7-3-5/h5-8H,2-4H2,1H3/t5-,6+/m1/s1. The molecule has 48 valence electrons. The molecule has 0 radical (unpaired) electrons. The van der Waals surface area contributed by atoms with Crippen LogP contribution in [-0.2, 0) is 0 Å². The molecule has 1 aliphatic rings. The van der Waals surface area contributed by atoms with E-state index in [1.807, 2.05) is 0 Å². The molecule has 0 aromatic heterocycles. The highest BCUT2D eigenvalue weighted by atomic mass is 16.3. The molecular formula is C6H13NO. The van der Waals surface area contributed by atoms with Gasteiger partial charge in [-0.25, -0.2) is 0 Å². The summed E-state index contributed by atoms with van der Waals surface area (Å²) in [6.45, 7) is 4.00. The second-order valence-electron chi connectivity index (χ2n) is 2.65. The predicted molar refractivity (Wildman–Crippen MR) is 32.7 cm³/mol. The summed E-state index contributed by atoms with van der Waals surface area (Å²) in [6, 6.07) is 0. The second-order valence-corrected chi connectivity index (χ2v) is 2.65. The van der Waals surface area contributed by atoms with Crippen LogP contribution in [0, 0.1) is 5.92 Å². The zero-order valence-corrected chi connectivity index (χ0v) is 5.22. The van der Waals surface area contributed by atoms with Crippen LogP contribution in [0.2, 0.25) is 0 Å². The molecule has 2 heteroatoms. The van der Waals surface area contributed by atoms with Crippen molar-refractivity contribution in [2.24, 2.45) is 5.92 Å². The molecule has 2 nitrogen and oxygen atoms in total. The Labute approximate surface area is 49.9 Å². The van der Waals surface area contributed by atoms with Gasteiger partial charge in [-0.3, -0.25) is 0 Å². The van der Waals surface area contributed by atoms with Crippen molar-refractivity contribution in [3.05, 3.63) is 0 Å². The van der Waals surface area contributed by atoms with E-state index in [-0.39, 0.29) is 6.10 Å². The molecule has 1 aliphatic heterocycles. The fraction of sp³-hybridized carbons (Fsp3) is 1.00. The Morgan fingerprint density at radius 3 is 2.62 bits per heavy atom. The Balaban J connectivity index is 2.23. The minimum absolute atomic E-state index is 0.0984. The van der Waals surface area contributed by atoms with Gasteiger partial charge in [-0.1, -0.05) is 6.92 Å². The zero-order chi connectivity index (χ0) is 5.98. The molecule has 2 atom stereocenters. The highest BCUT2D eigenvalue weighted by Crippen LogP contribution is 2.07. The molecule has 0 aliphatic carbocycles. The van der Waals surface area contributed by atoms with E-state index in [4.69, 9.17) is 5.11 Å². The van der Waals surface area contributed by atoms with Gasteiger partial charge in [-0.2, -0.15) is 0 Å². The van der Waals surface area contributed by atoms with E-state index < -0.39 is 0 Å². The molecule has 0 aromatic carbocycles. The molecule has 2 N–H and O–H groups in total. The van der Waals surface area contributed by atoms with Crippen LogP contribution in [0.4, 0.5) is 0 Å². The smallest absolute Gasteiger partial charge is 0.0667 e. The number of rotatable bonds is 0. The Hall–Kier alpha value is -0.0800. The molecule has 0 saturated carbocycles. The van der Waals surface area contributed by atoms with Gasteiger partial charge in [-0.05, 0) is 18.9 Å². The molecule has 0 aromatic rings. The fourth-order valence-electron chi connectivity index (χ4n) is 1.13. The fourth-order valence-corrected chi connectivity index (χ4v) is 1.13. The molecule has 0 unspecified atom stereocenters. The maximum atomic E-state index is 9.02. The first-order valence-corrected chi connectivity index (χ1v) is 3.18. The summed E-state index contributed by atoms with van der Waals surface area (Å²) in [5.74, 6) is 0.652. The van der Waals surface area contributed by atoms with Crippen LogP contribution in [0.15, 0.2) is 0 Å². The molecule has 1 saturated heterocycles. The number of piperidine rings is 1. The minimum Gasteiger partial charge on any atom is -0.392 e. The van der Waals surface area contributed by atoms with Crippen LogP contribution in [0.25, 0.3) is 0 Å². The van der Waals surface area contributed by atoms with Gasteiger partial charge in [0.1, 0.15) is 0 Å².